The van der Waals surface area contributed by atoms with E-state index in [2.05, 4.69) is 28.2 Å². The van der Waals surface area contributed by atoms with Gasteiger partial charge >= 0.3 is 5.97 Å². The molecule has 0 aliphatic heterocycles. The number of benzene rings is 1. The zero-order chi connectivity index (χ0) is 13.8. The number of rotatable bonds is 6. The molecule has 0 amide bonds. The minimum atomic E-state index is -0.277. The van der Waals surface area contributed by atoms with Crippen LogP contribution in [0.1, 0.15) is 43.5 Å². The third-order valence-electron chi connectivity index (χ3n) is 3.27. The van der Waals surface area contributed by atoms with E-state index in [1.165, 1.54) is 19.3 Å². The van der Waals surface area contributed by atoms with Gasteiger partial charge in [-0.05, 0) is 60.3 Å². The van der Waals surface area contributed by atoms with E-state index in [0.29, 0.717) is 18.2 Å². The summed E-state index contributed by atoms with van der Waals surface area (Å²) in [7, 11) is 0. The summed E-state index contributed by atoms with van der Waals surface area (Å²) in [6, 6.07) is 6.00. The first-order valence-corrected chi connectivity index (χ1v) is 7.62. The molecule has 1 saturated carbocycles. The van der Waals surface area contributed by atoms with E-state index in [-0.39, 0.29) is 5.97 Å². The second-order valence-electron chi connectivity index (χ2n) is 5.14. The van der Waals surface area contributed by atoms with E-state index in [1.54, 1.807) is 6.07 Å². The summed E-state index contributed by atoms with van der Waals surface area (Å²) in [5.74, 6) is 0.626. The summed E-state index contributed by atoms with van der Waals surface area (Å²) in [5.41, 5.74) is 1.61. The number of ether oxygens (including phenoxy) is 1. The Morgan fingerprint density at radius 2 is 2.26 bits per heavy atom. The predicted molar refractivity (Wildman–Crippen MR) is 80.5 cm³/mol. The van der Waals surface area contributed by atoms with Crippen molar-refractivity contribution in [2.45, 2.75) is 39.2 Å². The van der Waals surface area contributed by atoms with Gasteiger partial charge in [0.15, 0.2) is 0 Å². The van der Waals surface area contributed by atoms with E-state index in [9.17, 15) is 4.79 Å². The maximum Gasteiger partial charge on any atom is 0.338 e. The zero-order valence-corrected chi connectivity index (χ0v) is 13.0. The topological polar surface area (TPSA) is 38.3 Å². The highest BCUT2D eigenvalue weighted by Crippen LogP contribution is 2.34. The molecule has 1 fully saturated rings. The molecule has 1 aromatic carbocycles. The molecule has 0 saturated heterocycles. The van der Waals surface area contributed by atoms with Gasteiger partial charge in [-0.3, -0.25) is 0 Å². The molecule has 0 bridgehead atoms. The van der Waals surface area contributed by atoms with E-state index in [0.717, 1.165) is 16.1 Å². The highest BCUT2D eigenvalue weighted by molar-refractivity contribution is 9.10. The maximum atomic E-state index is 11.6. The maximum absolute atomic E-state index is 11.6. The Morgan fingerprint density at radius 1 is 1.53 bits per heavy atom. The smallest absolute Gasteiger partial charge is 0.338 e. The third kappa shape index (κ3) is 4.23. The van der Waals surface area contributed by atoms with Crippen LogP contribution in [-0.4, -0.2) is 18.6 Å². The minimum absolute atomic E-state index is 0.277. The number of anilines is 1. The van der Waals surface area contributed by atoms with Crippen LogP contribution in [0, 0.1) is 5.92 Å². The first kappa shape index (κ1) is 14.4. The fraction of sp³-hybridized carbons (Fsp3) is 0.533. The van der Waals surface area contributed by atoms with E-state index < -0.39 is 0 Å². The van der Waals surface area contributed by atoms with Gasteiger partial charge in [0.2, 0.25) is 0 Å². The van der Waals surface area contributed by atoms with Gasteiger partial charge in [-0.25, -0.2) is 4.79 Å². The van der Waals surface area contributed by atoms with Gasteiger partial charge in [-0.1, -0.05) is 12.8 Å². The molecule has 1 aliphatic rings. The van der Waals surface area contributed by atoms with Gasteiger partial charge in [0.1, 0.15) is 0 Å². The minimum Gasteiger partial charge on any atom is -0.462 e. The molecule has 1 N–H and O–H groups in total. The van der Waals surface area contributed by atoms with Gasteiger partial charge in [-0.15, -0.1) is 0 Å². The highest BCUT2D eigenvalue weighted by atomic mass is 79.9. The average molecular weight is 326 g/mol. The van der Waals surface area contributed by atoms with Gasteiger partial charge < -0.3 is 10.1 Å². The summed E-state index contributed by atoms with van der Waals surface area (Å²) in [6.07, 6.45) is 3.95. The Labute approximate surface area is 122 Å². The fourth-order valence-electron chi connectivity index (χ4n) is 2.15. The summed E-state index contributed by atoms with van der Waals surface area (Å²) in [4.78, 5) is 11.6. The quantitative estimate of drug-likeness (QED) is 0.795. The first-order valence-electron chi connectivity index (χ1n) is 6.83. The lowest BCUT2D eigenvalue weighted by atomic mass is 10.1. The molecule has 0 radical (unpaired) electrons. The summed E-state index contributed by atoms with van der Waals surface area (Å²) in [6.45, 7) is 4.40. The van der Waals surface area contributed by atoms with Crippen molar-refractivity contribution in [3.63, 3.8) is 0 Å². The number of hydrogen-bond donors (Lipinski definition) is 1. The fourth-order valence-corrected chi connectivity index (χ4v) is 2.64. The number of nitrogens with one attached hydrogen (secondary N) is 1. The standard InChI is InChI=1S/C15H20BrNO2/c1-3-19-15(18)12-6-7-14(13(16)9-12)17-10(2)8-11-4-5-11/h6-7,9-11,17H,3-5,8H2,1-2H3. The van der Waals surface area contributed by atoms with Crippen molar-refractivity contribution in [3.05, 3.63) is 28.2 Å². The molecule has 2 rings (SSSR count). The molecular formula is C15H20BrNO2. The van der Waals surface area contributed by atoms with Crippen molar-refractivity contribution in [2.24, 2.45) is 5.92 Å². The molecule has 104 valence electrons. The molecule has 19 heavy (non-hydrogen) atoms. The van der Waals surface area contributed by atoms with Gasteiger partial charge in [0.05, 0.1) is 12.2 Å². The van der Waals surface area contributed by atoms with Crippen molar-refractivity contribution < 1.29 is 9.53 Å². The summed E-state index contributed by atoms with van der Waals surface area (Å²) in [5, 5.41) is 3.48. The number of esters is 1. The summed E-state index contributed by atoms with van der Waals surface area (Å²) >= 11 is 3.51. The molecule has 0 heterocycles. The third-order valence-corrected chi connectivity index (χ3v) is 3.92. The van der Waals surface area contributed by atoms with Crippen molar-refractivity contribution >= 4 is 27.6 Å². The second kappa shape index (κ2) is 6.42. The Hall–Kier alpha value is -1.03. The molecule has 1 atom stereocenters. The van der Waals surface area contributed by atoms with Crippen LogP contribution >= 0.6 is 15.9 Å². The van der Waals surface area contributed by atoms with Crippen LogP contribution in [0.4, 0.5) is 5.69 Å². The molecular weight excluding hydrogens is 306 g/mol. The van der Waals surface area contributed by atoms with E-state index in [1.807, 2.05) is 19.1 Å². The van der Waals surface area contributed by atoms with Crippen molar-refractivity contribution in [1.82, 2.24) is 0 Å². The van der Waals surface area contributed by atoms with Gasteiger partial charge in [0, 0.05) is 16.2 Å². The van der Waals surface area contributed by atoms with Crippen LogP contribution in [0.15, 0.2) is 22.7 Å². The van der Waals surface area contributed by atoms with Crippen LogP contribution in [0.2, 0.25) is 0 Å². The van der Waals surface area contributed by atoms with Gasteiger partial charge in [0.25, 0.3) is 0 Å². The van der Waals surface area contributed by atoms with Crippen molar-refractivity contribution in [3.8, 4) is 0 Å². The molecule has 3 nitrogen and oxygen atoms in total. The van der Waals surface area contributed by atoms with Crippen LogP contribution in [0.25, 0.3) is 0 Å². The highest BCUT2D eigenvalue weighted by Gasteiger charge is 2.23. The Kier molecular flexibility index (Phi) is 4.86. The van der Waals surface area contributed by atoms with Gasteiger partial charge in [-0.2, -0.15) is 0 Å². The Balaban J connectivity index is 1.99. The van der Waals surface area contributed by atoms with Crippen LogP contribution in [0.5, 0.6) is 0 Å². The van der Waals surface area contributed by atoms with Crippen LogP contribution < -0.4 is 5.32 Å². The number of halogens is 1. The zero-order valence-electron chi connectivity index (χ0n) is 11.4. The lowest BCUT2D eigenvalue weighted by Crippen LogP contribution is -2.16. The molecule has 0 aromatic heterocycles. The van der Waals surface area contributed by atoms with Crippen LogP contribution in [0.3, 0.4) is 0 Å². The Bertz CT molecular complexity index is 457. The van der Waals surface area contributed by atoms with Crippen LogP contribution in [-0.2, 0) is 4.74 Å². The normalized spacial score (nSPS) is 15.9. The Morgan fingerprint density at radius 3 is 2.84 bits per heavy atom. The molecule has 1 aromatic rings. The molecule has 4 heteroatoms. The van der Waals surface area contributed by atoms with E-state index >= 15 is 0 Å². The second-order valence-corrected chi connectivity index (χ2v) is 5.99. The van der Waals surface area contributed by atoms with Crippen molar-refractivity contribution in [1.29, 1.82) is 0 Å². The number of hydrogen-bond acceptors (Lipinski definition) is 3. The average Bonchev–Trinajstić information content (AvgIpc) is 3.16. The lowest BCUT2D eigenvalue weighted by molar-refractivity contribution is 0.0526. The van der Waals surface area contributed by atoms with Crippen molar-refractivity contribution in [2.75, 3.05) is 11.9 Å². The lowest BCUT2D eigenvalue weighted by Gasteiger charge is -2.16. The monoisotopic (exact) mass is 325 g/mol. The summed E-state index contributed by atoms with van der Waals surface area (Å²) < 4.78 is 5.89. The molecule has 1 unspecified atom stereocenters. The number of carbonyl (C=O) groups excluding carboxylic acids is 1. The first-order chi connectivity index (χ1) is 9.10. The van der Waals surface area contributed by atoms with E-state index in [4.69, 9.17) is 4.74 Å². The molecule has 0 spiro atoms. The number of carbonyl (C=O) groups is 1. The molecule has 1 aliphatic carbocycles. The predicted octanol–water partition coefficient (Wildman–Crippen LogP) is 4.23. The SMILES string of the molecule is CCOC(=O)c1ccc(NC(C)CC2CC2)c(Br)c1. The largest absolute Gasteiger partial charge is 0.462 e.